The third-order valence-electron chi connectivity index (χ3n) is 3.08. The first-order valence-electron chi connectivity index (χ1n) is 5.68. The maximum Gasteiger partial charge on any atom is 0.330 e. The smallest absolute Gasteiger partial charge is 0.330 e. The molecule has 1 fully saturated rings. The normalized spacial score (nSPS) is 28.3. The van der Waals surface area contributed by atoms with Gasteiger partial charge in [0.15, 0.2) is 0 Å². The Kier molecular flexibility index (Phi) is 4.82. The summed E-state index contributed by atoms with van der Waals surface area (Å²) in [7, 11) is 0. The van der Waals surface area contributed by atoms with E-state index >= 15 is 0 Å². The lowest BCUT2D eigenvalue weighted by Crippen LogP contribution is -2.10. The number of hydrogen-bond acceptors (Lipinski definition) is 3. The lowest BCUT2D eigenvalue weighted by atomic mass is 9.95. The Morgan fingerprint density at radius 3 is 2.60 bits per heavy atom. The van der Waals surface area contributed by atoms with Crippen LogP contribution < -0.4 is 0 Å². The Balaban J connectivity index is 2.56. The number of aliphatic hydroxyl groups excluding tert-OH is 1. The Morgan fingerprint density at radius 2 is 2.13 bits per heavy atom. The second-order valence-corrected chi connectivity index (χ2v) is 4.07. The van der Waals surface area contributed by atoms with Crippen LogP contribution in [0.25, 0.3) is 0 Å². The van der Waals surface area contributed by atoms with E-state index in [2.05, 4.69) is 6.92 Å². The second-order valence-electron chi connectivity index (χ2n) is 4.07. The highest BCUT2D eigenvalue weighted by Gasteiger charge is 2.28. The first-order valence-corrected chi connectivity index (χ1v) is 5.68. The van der Waals surface area contributed by atoms with Gasteiger partial charge in [-0.2, -0.15) is 0 Å². The van der Waals surface area contributed by atoms with Gasteiger partial charge in [0.1, 0.15) is 0 Å². The highest BCUT2D eigenvalue weighted by molar-refractivity contribution is 5.82. The van der Waals surface area contributed by atoms with Crippen LogP contribution in [0, 0.1) is 11.8 Å². The number of esters is 1. The number of carbonyl (C=O) groups is 1. The predicted molar refractivity (Wildman–Crippen MR) is 58.3 cm³/mol. The Labute approximate surface area is 91.1 Å². The molecule has 0 amide bonds. The fraction of sp³-hybridized carbons (Fsp3) is 0.750. The minimum atomic E-state index is -0.249. The molecule has 0 aromatic heterocycles. The molecular weight excluding hydrogens is 192 g/mol. The van der Waals surface area contributed by atoms with Crippen LogP contribution in [0.4, 0.5) is 0 Å². The highest BCUT2D eigenvalue weighted by Crippen LogP contribution is 2.37. The van der Waals surface area contributed by atoms with Crippen molar-refractivity contribution in [1.29, 1.82) is 0 Å². The standard InChI is InChI=1S/C12H20O3/c1-3-10-5-9(6-11(10)8-13)7-12(14)15-4-2/h7,10-11,13H,3-6,8H2,1-2H3. The first kappa shape index (κ1) is 12.2. The van der Waals surface area contributed by atoms with Crippen LogP contribution in [-0.4, -0.2) is 24.3 Å². The summed E-state index contributed by atoms with van der Waals surface area (Å²) in [4.78, 5) is 11.2. The molecule has 15 heavy (non-hydrogen) atoms. The number of ether oxygens (including phenoxy) is 1. The lowest BCUT2D eigenvalue weighted by molar-refractivity contribution is -0.137. The molecule has 1 rings (SSSR count). The number of hydrogen-bond donors (Lipinski definition) is 1. The summed E-state index contributed by atoms with van der Waals surface area (Å²) in [6.07, 6.45) is 4.43. The van der Waals surface area contributed by atoms with Crippen LogP contribution in [0.5, 0.6) is 0 Å². The van der Waals surface area contributed by atoms with E-state index in [1.54, 1.807) is 13.0 Å². The molecule has 1 aliphatic rings. The molecule has 1 saturated carbocycles. The molecule has 0 aliphatic heterocycles. The monoisotopic (exact) mass is 212 g/mol. The molecule has 1 aliphatic carbocycles. The lowest BCUT2D eigenvalue weighted by Gasteiger charge is -2.13. The van der Waals surface area contributed by atoms with Gasteiger partial charge in [0.2, 0.25) is 0 Å². The predicted octanol–water partition coefficient (Wildman–Crippen LogP) is 1.90. The Morgan fingerprint density at radius 1 is 1.47 bits per heavy atom. The van der Waals surface area contributed by atoms with Crippen LogP contribution in [0.2, 0.25) is 0 Å². The molecule has 86 valence electrons. The molecule has 3 nitrogen and oxygen atoms in total. The molecular formula is C12H20O3. The van der Waals surface area contributed by atoms with Crippen LogP contribution in [0.3, 0.4) is 0 Å². The van der Waals surface area contributed by atoms with E-state index in [9.17, 15) is 9.90 Å². The van der Waals surface area contributed by atoms with Crippen molar-refractivity contribution in [2.75, 3.05) is 13.2 Å². The zero-order valence-corrected chi connectivity index (χ0v) is 9.53. The summed E-state index contributed by atoms with van der Waals surface area (Å²) in [5, 5.41) is 9.18. The minimum absolute atomic E-state index is 0.221. The third-order valence-corrected chi connectivity index (χ3v) is 3.08. The van der Waals surface area contributed by atoms with E-state index in [0.29, 0.717) is 18.4 Å². The summed E-state index contributed by atoms with van der Waals surface area (Å²) < 4.78 is 4.86. The topological polar surface area (TPSA) is 46.5 Å². The van der Waals surface area contributed by atoms with Gasteiger partial charge in [0.05, 0.1) is 6.61 Å². The zero-order chi connectivity index (χ0) is 11.3. The van der Waals surface area contributed by atoms with Crippen molar-refractivity contribution >= 4 is 5.97 Å². The van der Waals surface area contributed by atoms with Crippen LogP contribution in [0.15, 0.2) is 11.6 Å². The van der Waals surface area contributed by atoms with Gasteiger partial charge in [-0.1, -0.05) is 18.9 Å². The van der Waals surface area contributed by atoms with Crippen molar-refractivity contribution in [1.82, 2.24) is 0 Å². The zero-order valence-electron chi connectivity index (χ0n) is 9.53. The third kappa shape index (κ3) is 3.34. The van der Waals surface area contributed by atoms with Crippen molar-refractivity contribution in [2.24, 2.45) is 11.8 Å². The maximum atomic E-state index is 11.2. The van der Waals surface area contributed by atoms with Crippen molar-refractivity contribution in [2.45, 2.75) is 33.1 Å². The minimum Gasteiger partial charge on any atom is -0.463 e. The van der Waals surface area contributed by atoms with E-state index in [1.807, 2.05) is 0 Å². The fourth-order valence-corrected chi connectivity index (χ4v) is 2.25. The van der Waals surface area contributed by atoms with Gasteiger partial charge in [-0.3, -0.25) is 0 Å². The quantitative estimate of drug-likeness (QED) is 0.572. The average Bonchev–Trinajstić information content (AvgIpc) is 2.60. The highest BCUT2D eigenvalue weighted by atomic mass is 16.5. The number of carbonyl (C=O) groups excluding carboxylic acids is 1. The van der Waals surface area contributed by atoms with Gasteiger partial charge in [0, 0.05) is 12.7 Å². The molecule has 2 atom stereocenters. The van der Waals surface area contributed by atoms with Crippen molar-refractivity contribution < 1.29 is 14.6 Å². The van der Waals surface area contributed by atoms with Gasteiger partial charge in [-0.25, -0.2) is 4.79 Å². The molecule has 0 aromatic carbocycles. The molecule has 1 N–H and O–H groups in total. The van der Waals surface area contributed by atoms with Crippen molar-refractivity contribution in [3.63, 3.8) is 0 Å². The Hall–Kier alpha value is -0.830. The van der Waals surface area contributed by atoms with Crippen LogP contribution in [0.1, 0.15) is 33.1 Å². The molecule has 0 radical (unpaired) electrons. The summed E-state index contributed by atoms with van der Waals surface area (Å²) in [6.45, 7) is 4.57. The SMILES string of the molecule is CCOC(=O)C=C1CC(CC)C(CO)C1. The first-order chi connectivity index (χ1) is 7.21. The molecule has 0 heterocycles. The Bertz CT molecular complexity index is 231. The van der Waals surface area contributed by atoms with Gasteiger partial charge >= 0.3 is 5.97 Å². The number of rotatable bonds is 4. The van der Waals surface area contributed by atoms with E-state index < -0.39 is 0 Å². The van der Waals surface area contributed by atoms with E-state index in [0.717, 1.165) is 24.8 Å². The molecule has 0 spiro atoms. The van der Waals surface area contributed by atoms with Gasteiger partial charge in [-0.15, -0.1) is 0 Å². The number of allylic oxidation sites excluding steroid dienone is 1. The van der Waals surface area contributed by atoms with Crippen LogP contribution in [-0.2, 0) is 9.53 Å². The van der Waals surface area contributed by atoms with Gasteiger partial charge in [-0.05, 0) is 31.6 Å². The van der Waals surface area contributed by atoms with Crippen molar-refractivity contribution in [3.05, 3.63) is 11.6 Å². The van der Waals surface area contributed by atoms with Gasteiger partial charge in [0.25, 0.3) is 0 Å². The van der Waals surface area contributed by atoms with E-state index in [4.69, 9.17) is 4.74 Å². The maximum absolute atomic E-state index is 11.2. The molecule has 0 bridgehead atoms. The molecule has 0 saturated heterocycles. The van der Waals surface area contributed by atoms with Crippen LogP contribution >= 0.6 is 0 Å². The average molecular weight is 212 g/mol. The fourth-order valence-electron chi connectivity index (χ4n) is 2.25. The van der Waals surface area contributed by atoms with E-state index in [-0.39, 0.29) is 12.6 Å². The molecule has 0 aromatic rings. The summed E-state index contributed by atoms with van der Waals surface area (Å²) in [6, 6.07) is 0. The van der Waals surface area contributed by atoms with Gasteiger partial charge < -0.3 is 9.84 Å². The number of aliphatic hydroxyl groups is 1. The molecule has 2 unspecified atom stereocenters. The summed E-state index contributed by atoms with van der Waals surface area (Å²) in [5.74, 6) is 0.604. The van der Waals surface area contributed by atoms with Crippen molar-refractivity contribution in [3.8, 4) is 0 Å². The summed E-state index contributed by atoms with van der Waals surface area (Å²) in [5.41, 5.74) is 1.12. The largest absolute Gasteiger partial charge is 0.463 e. The second kappa shape index (κ2) is 5.91. The summed E-state index contributed by atoms with van der Waals surface area (Å²) >= 11 is 0. The molecule has 3 heteroatoms. The van der Waals surface area contributed by atoms with E-state index in [1.165, 1.54) is 0 Å².